The number of nitrogen functional groups attached to an aromatic ring is 1. The number of carbonyl (C=O) groups is 1. The summed E-state index contributed by atoms with van der Waals surface area (Å²) in [7, 11) is 0. The van der Waals surface area contributed by atoms with E-state index in [1.807, 2.05) is 0 Å². The average Bonchev–Trinajstić information content (AvgIpc) is 2.84. The Labute approximate surface area is 120 Å². The molecule has 3 N–H and O–H groups in total. The van der Waals surface area contributed by atoms with E-state index in [2.05, 4.69) is 27.7 Å². The molecule has 0 spiro atoms. The minimum atomic E-state index is -0.111. The Morgan fingerprint density at radius 1 is 1.50 bits per heavy atom. The van der Waals surface area contributed by atoms with Crippen molar-refractivity contribution in [3.05, 3.63) is 29.3 Å². The van der Waals surface area contributed by atoms with E-state index in [9.17, 15) is 4.79 Å². The van der Waals surface area contributed by atoms with Crippen molar-refractivity contribution >= 4 is 33.1 Å². The summed E-state index contributed by atoms with van der Waals surface area (Å²) in [4.78, 5) is 13.5. The summed E-state index contributed by atoms with van der Waals surface area (Å²) in [6.45, 7) is 0.697. The molecule has 1 aliphatic rings. The number of amides is 1. The first-order valence-corrected chi connectivity index (χ1v) is 7.50. The Balaban J connectivity index is 1.72. The van der Waals surface area contributed by atoms with Gasteiger partial charge in [0.15, 0.2) is 0 Å². The summed E-state index contributed by atoms with van der Waals surface area (Å²) in [6.07, 6.45) is 9.23. The minimum Gasteiger partial charge on any atom is -0.397 e. The monoisotopic (exact) mass is 288 g/mol. The first-order valence-electron chi connectivity index (χ1n) is 6.68. The number of hydrogen-bond acceptors (Lipinski definition) is 5. The van der Waals surface area contributed by atoms with Crippen molar-refractivity contribution in [1.82, 2.24) is 15.5 Å². The highest BCUT2D eigenvalue weighted by Crippen LogP contribution is 2.31. The molecule has 2 aromatic rings. The highest BCUT2D eigenvalue weighted by atomic mass is 32.1. The van der Waals surface area contributed by atoms with E-state index < -0.39 is 0 Å². The molecule has 0 bridgehead atoms. The maximum Gasteiger partial charge on any atom is 0.263 e. The smallest absolute Gasteiger partial charge is 0.263 e. The third-order valence-corrected chi connectivity index (χ3v) is 4.66. The van der Waals surface area contributed by atoms with Gasteiger partial charge in [-0.05, 0) is 31.2 Å². The Morgan fingerprint density at radius 3 is 3.15 bits per heavy atom. The van der Waals surface area contributed by atoms with Gasteiger partial charge >= 0.3 is 0 Å². The van der Waals surface area contributed by atoms with E-state index >= 15 is 0 Å². The SMILES string of the molecule is Nc1c(C(=O)NCC2CC=CCC2)sc2nnccc12. The number of nitrogens with two attached hydrogens (primary N) is 1. The van der Waals surface area contributed by atoms with Crippen LogP contribution in [0.4, 0.5) is 5.69 Å². The van der Waals surface area contributed by atoms with Crippen molar-refractivity contribution in [3.8, 4) is 0 Å². The van der Waals surface area contributed by atoms with E-state index in [-0.39, 0.29) is 5.91 Å². The van der Waals surface area contributed by atoms with Crippen LogP contribution in [-0.2, 0) is 0 Å². The lowest BCUT2D eigenvalue weighted by atomic mass is 9.94. The second-order valence-corrected chi connectivity index (χ2v) is 5.95. The minimum absolute atomic E-state index is 0.111. The normalized spacial score (nSPS) is 18.3. The molecule has 0 saturated heterocycles. The largest absolute Gasteiger partial charge is 0.397 e. The first kappa shape index (κ1) is 13.1. The van der Waals surface area contributed by atoms with Crippen molar-refractivity contribution < 1.29 is 4.79 Å². The van der Waals surface area contributed by atoms with Crippen LogP contribution in [0.15, 0.2) is 24.4 Å². The van der Waals surface area contributed by atoms with Crippen molar-refractivity contribution in [2.24, 2.45) is 5.92 Å². The van der Waals surface area contributed by atoms with Gasteiger partial charge < -0.3 is 11.1 Å². The molecule has 1 amide bonds. The summed E-state index contributed by atoms with van der Waals surface area (Å²) < 4.78 is 0. The molecule has 6 heteroatoms. The van der Waals surface area contributed by atoms with Crippen molar-refractivity contribution in [3.63, 3.8) is 0 Å². The van der Waals surface area contributed by atoms with Crippen LogP contribution in [0.1, 0.15) is 28.9 Å². The van der Waals surface area contributed by atoms with Crippen LogP contribution >= 0.6 is 11.3 Å². The molecule has 0 saturated carbocycles. The van der Waals surface area contributed by atoms with Crippen LogP contribution in [0.3, 0.4) is 0 Å². The molecule has 0 aromatic carbocycles. The Hall–Kier alpha value is -1.95. The number of rotatable bonds is 3. The van der Waals surface area contributed by atoms with Crippen LogP contribution in [0, 0.1) is 5.92 Å². The number of anilines is 1. The lowest BCUT2D eigenvalue weighted by Crippen LogP contribution is -2.29. The second-order valence-electron chi connectivity index (χ2n) is 4.96. The molecule has 2 heterocycles. The maximum atomic E-state index is 12.2. The summed E-state index contributed by atoms with van der Waals surface area (Å²) >= 11 is 1.29. The van der Waals surface area contributed by atoms with Gasteiger partial charge in [0.05, 0.1) is 11.9 Å². The number of aromatic nitrogens is 2. The summed E-state index contributed by atoms with van der Waals surface area (Å²) in [5.74, 6) is 0.416. The van der Waals surface area contributed by atoms with E-state index in [4.69, 9.17) is 5.73 Å². The number of carbonyl (C=O) groups excluding carboxylic acids is 1. The number of nitrogens with one attached hydrogen (secondary N) is 1. The van der Waals surface area contributed by atoms with Gasteiger partial charge in [0.1, 0.15) is 9.71 Å². The van der Waals surface area contributed by atoms with Gasteiger partial charge in [-0.2, -0.15) is 5.10 Å². The summed E-state index contributed by atoms with van der Waals surface area (Å²) in [5, 5.41) is 11.6. The third kappa shape index (κ3) is 2.51. The van der Waals surface area contributed by atoms with Gasteiger partial charge in [0.25, 0.3) is 5.91 Å². The van der Waals surface area contributed by atoms with Gasteiger partial charge in [0, 0.05) is 11.9 Å². The van der Waals surface area contributed by atoms with Gasteiger partial charge in [-0.3, -0.25) is 4.79 Å². The number of fused-ring (bicyclic) bond motifs is 1. The summed E-state index contributed by atoms with van der Waals surface area (Å²) in [5.41, 5.74) is 6.52. The standard InChI is InChI=1S/C14H16N4OS/c15-11-10-6-7-17-18-14(10)20-12(11)13(19)16-8-9-4-2-1-3-5-9/h1-2,6-7,9H,3-5,8,15H2,(H,16,19). The van der Waals surface area contributed by atoms with Gasteiger partial charge in [-0.15, -0.1) is 16.4 Å². The van der Waals surface area contributed by atoms with Crippen LogP contribution in [0.2, 0.25) is 0 Å². The fourth-order valence-corrected chi connectivity index (χ4v) is 3.35. The average molecular weight is 288 g/mol. The zero-order valence-corrected chi connectivity index (χ0v) is 11.8. The van der Waals surface area contributed by atoms with Gasteiger partial charge in [0.2, 0.25) is 0 Å². The van der Waals surface area contributed by atoms with E-state index in [1.54, 1.807) is 12.3 Å². The lowest BCUT2D eigenvalue weighted by Gasteiger charge is -2.17. The molecule has 2 aromatic heterocycles. The zero-order valence-electron chi connectivity index (χ0n) is 11.0. The van der Waals surface area contributed by atoms with Crippen molar-refractivity contribution in [2.45, 2.75) is 19.3 Å². The molecule has 5 nitrogen and oxygen atoms in total. The molecule has 1 aliphatic carbocycles. The van der Waals surface area contributed by atoms with Gasteiger partial charge in [-0.1, -0.05) is 12.2 Å². The number of thiophene rings is 1. The van der Waals surface area contributed by atoms with E-state index in [0.717, 1.165) is 24.6 Å². The molecule has 0 radical (unpaired) electrons. The number of nitrogens with zero attached hydrogens (tertiary/aromatic N) is 2. The Kier molecular flexibility index (Phi) is 3.64. The predicted molar refractivity (Wildman–Crippen MR) is 80.6 cm³/mol. The number of hydrogen-bond donors (Lipinski definition) is 2. The predicted octanol–water partition coefficient (Wildman–Crippen LogP) is 2.36. The quantitative estimate of drug-likeness (QED) is 0.850. The first-order chi connectivity index (χ1) is 9.75. The molecule has 1 unspecified atom stereocenters. The van der Waals surface area contributed by atoms with Crippen LogP contribution in [-0.4, -0.2) is 22.6 Å². The maximum absolute atomic E-state index is 12.2. The Morgan fingerprint density at radius 2 is 2.40 bits per heavy atom. The highest BCUT2D eigenvalue weighted by Gasteiger charge is 2.18. The van der Waals surface area contributed by atoms with Gasteiger partial charge in [-0.25, -0.2) is 0 Å². The molecule has 1 atom stereocenters. The topological polar surface area (TPSA) is 80.9 Å². The van der Waals surface area contributed by atoms with Crippen molar-refractivity contribution in [1.29, 1.82) is 0 Å². The molecule has 0 fully saturated rings. The molecule has 20 heavy (non-hydrogen) atoms. The zero-order chi connectivity index (χ0) is 13.9. The highest BCUT2D eigenvalue weighted by molar-refractivity contribution is 7.21. The van der Waals surface area contributed by atoms with E-state index in [0.29, 0.717) is 27.9 Å². The fourth-order valence-electron chi connectivity index (χ4n) is 2.40. The molecule has 0 aliphatic heterocycles. The molecule has 3 rings (SSSR count). The molecular weight excluding hydrogens is 272 g/mol. The third-order valence-electron chi connectivity index (χ3n) is 3.56. The van der Waals surface area contributed by atoms with Crippen LogP contribution in [0.5, 0.6) is 0 Å². The lowest BCUT2D eigenvalue weighted by molar-refractivity contribution is 0.0951. The number of allylic oxidation sites excluding steroid dienone is 2. The fraction of sp³-hybridized carbons (Fsp3) is 0.357. The van der Waals surface area contributed by atoms with Crippen LogP contribution in [0.25, 0.3) is 10.2 Å². The Bertz CT molecular complexity index is 664. The van der Waals surface area contributed by atoms with Crippen LogP contribution < -0.4 is 11.1 Å². The summed E-state index contributed by atoms with van der Waals surface area (Å²) in [6, 6.07) is 1.79. The van der Waals surface area contributed by atoms with E-state index in [1.165, 1.54) is 11.3 Å². The second kappa shape index (κ2) is 5.58. The molecular formula is C14H16N4OS. The van der Waals surface area contributed by atoms with Crippen molar-refractivity contribution in [2.75, 3.05) is 12.3 Å². The molecule has 104 valence electrons.